The number of hydrogen-bond donors (Lipinski definition) is 1. The number of methoxy groups -OCH3 is 1. The van der Waals surface area contributed by atoms with Gasteiger partial charge in [0.1, 0.15) is 0 Å². The molecule has 0 saturated heterocycles. The largest absolute Gasteiger partial charge is 0.465 e. The molecule has 5 nitrogen and oxygen atoms in total. The van der Waals surface area contributed by atoms with Crippen LogP contribution in [0, 0.1) is 0 Å². The first-order chi connectivity index (χ1) is 12.0. The lowest BCUT2D eigenvalue weighted by atomic mass is 9.93. The standard InChI is InChI=1S/C20H31NO4Si/c1-20(2,3)26(5,6)25-11-7-8-15-13-18(22)16-12-14(19(23)24-4)9-10-17(16)21-15/h9-10,12,15,21H,7-8,11,13H2,1-6H3/t15-/m0/s1. The fraction of sp³-hybridized carbons (Fsp3) is 0.600. The van der Waals surface area contributed by atoms with Crippen molar-refractivity contribution >= 4 is 25.8 Å². The Labute approximate surface area is 157 Å². The minimum absolute atomic E-state index is 0.0693. The summed E-state index contributed by atoms with van der Waals surface area (Å²) in [6.45, 7) is 12.0. The van der Waals surface area contributed by atoms with Gasteiger partial charge in [-0.1, -0.05) is 20.8 Å². The number of benzene rings is 1. The SMILES string of the molecule is COC(=O)c1ccc2c(c1)C(=O)C[C@H](CCCO[Si](C)(C)C(C)(C)C)N2. The molecule has 0 radical (unpaired) electrons. The van der Waals surface area contributed by atoms with E-state index in [1.54, 1.807) is 18.2 Å². The topological polar surface area (TPSA) is 64.6 Å². The minimum Gasteiger partial charge on any atom is -0.465 e. The van der Waals surface area contributed by atoms with Gasteiger partial charge in [-0.2, -0.15) is 0 Å². The number of esters is 1. The highest BCUT2D eigenvalue weighted by Gasteiger charge is 2.37. The van der Waals surface area contributed by atoms with Crippen LogP contribution in [0.4, 0.5) is 5.69 Å². The predicted molar refractivity (Wildman–Crippen MR) is 107 cm³/mol. The molecule has 1 heterocycles. The maximum absolute atomic E-state index is 12.5. The molecule has 144 valence electrons. The van der Waals surface area contributed by atoms with Gasteiger partial charge in [-0.3, -0.25) is 4.79 Å². The molecule has 0 unspecified atom stereocenters. The third-order valence-corrected chi connectivity index (χ3v) is 10.0. The van der Waals surface area contributed by atoms with E-state index in [4.69, 9.17) is 9.16 Å². The van der Waals surface area contributed by atoms with Crippen LogP contribution in [-0.4, -0.2) is 39.8 Å². The number of anilines is 1. The van der Waals surface area contributed by atoms with Crippen molar-refractivity contribution < 1.29 is 18.8 Å². The predicted octanol–water partition coefficient (Wildman–Crippen LogP) is 4.64. The van der Waals surface area contributed by atoms with Gasteiger partial charge in [0, 0.05) is 30.3 Å². The van der Waals surface area contributed by atoms with Gasteiger partial charge in [-0.15, -0.1) is 0 Å². The molecule has 1 aromatic rings. The molecule has 1 N–H and O–H groups in total. The van der Waals surface area contributed by atoms with Crippen LogP contribution in [-0.2, 0) is 9.16 Å². The van der Waals surface area contributed by atoms with Gasteiger partial charge in [-0.25, -0.2) is 4.79 Å². The summed E-state index contributed by atoms with van der Waals surface area (Å²) in [5.41, 5.74) is 1.77. The Balaban J connectivity index is 1.91. The second-order valence-electron chi connectivity index (χ2n) is 8.47. The summed E-state index contributed by atoms with van der Waals surface area (Å²) in [6.07, 6.45) is 2.25. The number of rotatable bonds is 6. The second-order valence-corrected chi connectivity index (χ2v) is 13.3. The van der Waals surface area contributed by atoms with Crippen molar-refractivity contribution in [2.24, 2.45) is 0 Å². The average Bonchev–Trinajstić information content (AvgIpc) is 2.57. The number of carbonyl (C=O) groups excluding carboxylic acids is 2. The number of fused-ring (bicyclic) bond motifs is 1. The van der Waals surface area contributed by atoms with E-state index in [2.05, 4.69) is 39.2 Å². The van der Waals surface area contributed by atoms with Crippen LogP contribution in [0.5, 0.6) is 0 Å². The van der Waals surface area contributed by atoms with Crippen LogP contribution in [0.15, 0.2) is 18.2 Å². The quantitative estimate of drug-likeness (QED) is 0.444. The molecule has 0 aromatic heterocycles. The molecule has 1 aliphatic rings. The van der Waals surface area contributed by atoms with Crippen LogP contribution < -0.4 is 5.32 Å². The third-order valence-electron chi connectivity index (χ3n) is 5.50. The molecule has 1 aliphatic heterocycles. The van der Waals surface area contributed by atoms with Crippen molar-refractivity contribution in [1.29, 1.82) is 0 Å². The van der Waals surface area contributed by atoms with Crippen LogP contribution in [0.25, 0.3) is 0 Å². The van der Waals surface area contributed by atoms with Crippen molar-refractivity contribution in [2.75, 3.05) is 19.0 Å². The molecule has 0 fully saturated rings. The van der Waals surface area contributed by atoms with Crippen molar-refractivity contribution in [3.63, 3.8) is 0 Å². The van der Waals surface area contributed by atoms with E-state index in [0.29, 0.717) is 17.5 Å². The molecular weight excluding hydrogens is 346 g/mol. The molecular formula is C20H31NO4Si. The van der Waals surface area contributed by atoms with Crippen molar-refractivity contribution in [3.05, 3.63) is 29.3 Å². The minimum atomic E-state index is -1.71. The third kappa shape index (κ3) is 4.74. The van der Waals surface area contributed by atoms with Gasteiger partial charge in [0.2, 0.25) is 0 Å². The van der Waals surface area contributed by atoms with Crippen molar-refractivity contribution in [3.8, 4) is 0 Å². The molecule has 26 heavy (non-hydrogen) atoms. The lowest BCUT2D eigenvalue weighted by Crippen LogP contribution is -2.41. The van der Waals surface area contributed by atoms with E-state index in [9.17, 15) is 9.59 Å². The van der Waals surface area contributed by atoms with Gasteiger partial charge in [0.05, 0.1) is 12.7 Å². The van der Waals surface area contributed by atoms with Gasteiger partial charge >= 0.3 is 5.97 Å². The zero-order valence-corrected chi connectivity index (χ0v) is 17.8. The Morgan fingerprint density at radius 1 is 1.31 bits per heavy atom. The summed E-state index contributed by atoms with van der Waals surface area (Å²) >= 11 is 0. The summed E-state index contributed by atoms with van der Waals surface area (Å²) in [7, 11) is -0.378. The number of carbonyl (C=O) groups is 2. The fourth-order valence-corrected chi connectivity index (χ4v) is 3.89. The first-order valence-electron chi connectivity index (χ1n) is 9.21. The molecule has 0 bridgehead atoms. The normalized spacial score (nSPS) is 17.5. The Hall–Kier alpha value is -1.66. The first kappa shape index (κ1) is 20.6. The van der Waals surface area contributed by atoms with Crippen molar-refractivity contribution in [2.45, 2.75) is 64.2 Å². The summed E-state index contributed by atoms with van der Waals surface area (Å²) in [6, 6.07) is 5.21. The molecule has 0 aliphatic carbocycles. The van der Waals surface area contributed by atoms with E-state index in [0.717, 1.165) is 25.1 Å². The smallest absolute Gasteiger partial charge is 0.337 e. The zero-order valence-electron chi connectivity index (χ0n) is 16.8. The van der Waals surface area contributed by atoms with Gasteiger partial charge in [-0.05, 0) is 49.2 Å². The summed E-state index contributed by atoms with van der Waals surface area (Å²) in [5, 5.41) is 3.63. The van der Waals surface area contributed by atoms with E-state index >= 15 is 0 Å². The van der Waals surface area contributed by atoms with Gasteiger partial charge in [0.25, 0.3) is 0 Å². The van der Waals surface area contributed by atoms with Gasteiger partial charge in [0.15, 0.2) is 14.1 Å². The molecule has 1 atom stereocenters. The van der Waals surface area contributed by atoms with E-state index in [1.807, 2.05) is 0 Å². The van der Waals surface area contributed by atoms with Crippen LogP contribution in [0.2, 0.25) is 18.1 Å². The number of ether oxygens (including phenoxy) is 1. The van der Waals surface area contributed by atoms with Crippen molar-refractivity contribution in [1.82, 2.24) is 0 Å². The van der Waals surface area contributed by atoms with Crippen LogP contribution in [0.1, 0.15) is 60.7 Å². The number of nitrogens with one attached hydrogen (secondary N) is 1. The molecule has 1 aromatic carbocycles. The summed E-state index contributed by atoms with van der Waals surface area (Å²) in [5.74, 6) is -0.356. The molecule has 0 saturated carbocycles. The lowest BCUT2D eigenvalue weighted by Gasteiger charge is -2.36. The van der Waals surface area contributed by atoms with E-state index < -0.39 is 14.3 Å². The monoisotopic (exact) mass is 377 g/mol. The maximum Gasteiger partial charge on any atom is 0.337 e. The fourth-order valence-electron chi connectivity index (χ4n) is 2.80. The molecule has 6 heteroatoms. The maximum atomic E-state index is 12.5. The second kappa shape index (κ2) is 7.92. The molecule has 0 amide bonds. The first-order valence-corrected chi connectivity index (χ1v) is 12.1. The Morgan fingerprint density at radius 3 is 2.62 bits per heavy atom. The number of hydrogen-bond acceptors (Lipinski definition) is 5. The molecule has 2 rings (SSSR count). The summed E-state index contributed by atoms with van der Waals surface area (Å²) in [4.78, 5) is 24.1. The van der Waals surface area contributed by atoms with Crippen LogP contribution in [0.3, 0.4) is 0 Å². The van der Waals surface area contributed by atoms with Gasteiger partial charge < -0.3 is 14.5 Å². The highest BCUT2D eigenvalue weighted by molar-refractivity contribution is 6.74. The molecule has 0 spiro atoms. The Kier molecular flexibility index (Phi) is 6.29. The highest BCUT2D eigenvalue weighted by Crippen LogP contribution is 2.36. The summed E-state index contributed by atoms with van der Waals surface area (Å²) < 4.78 is 10.9. The Morgan fingerprint density at radius 2 is 2.00 bits per heavy atom. The zero-order chi connectivity index (χ0) is 19.5. The average molecular weight is 378 g/mol. The number of Topliss-reactive ketones (excluding diaryl/α,β-unsaturated/α-hetero) is 1. The van der Waals surface area contributed by atoms with E-state index in [1.165, 1.54) is 7.11 Å². The highest BCUT2D eigenvalue weighted by atomic mass is 28.4. The number of ketones is 1. The lowest BCUT2D eigenvalue weighted by molar-refractivity contribution is 0.0600. The Bertz CT molecular complexity index is 679. The van der Waals surface area contributed by atoms with Crippen LogP contribution >= 0.6 is 0 Å². The van der Waals surface area contributed by atoms with E-state index in [-0.39, 0.29) is 16.9 Å².